The molecule has 112 valence electrons. The quantitative estimate of drug-likeness (QED) is 0.563. The number of halogens is 3. The van der Waals surface area contributed by atoms with Crippen LogP contribution in [0, 0.1) is 17.5 Å². The Hall–Kier alpha value is -2.76. The van der Waals surface area contributed by atoms with Crippen molar-refractivity contribution in [3.63, 3.8) is 0 Å². The minimum absolute atomic E-state index is 0.0482. The standard InChI is InChI=1S/C16H11F3N2O/c1-21-13-5-3-2-4-9(13)10(16(21)22)8-20-12-7-6-11(17)14(18)15(12)19/h2-8,22H,1H3. The highest BCUT2D eigenvalue weighted by atomic mass is 19.2. The van der Waals surface area contributed by atoms with Gasteiger partial charge in [-0.1, -0.05) is 18.2 Å². The first-order valence-electron chi connectivity index (χ1n) is 6.44. The first-order chi connectivity index (χ1) is 10.5. The monoisotopic (exact) mass is 304 g/mol. The number of aromatic nitrogens is 1. The van der Waals surface area contributed by atoms with Crippen molar-refractivity contribution in [1.82, 2.24) is 4.57 Å². The summed E-state index contributed by atoms with van der Waals surface area (Å²) in [7, 11) is 1.67. The normalized spacial score (nSPS) is 11.6. The Labute approximate surface area is 124 Å². The summed E-state index contributed by atoms with van der Waals surface area (Å²) in [5, 5.41) is 10.8. The lowest BCUT2D eigenvalue weighted by molar-refractivity contribution is 0.434. The zero-order valence-corrected chi connectivity index (χ0v) is 11.5. The molecule has 0 radical (unpaired) electrons. The number of rotatable bonds is 2. The Morgan fingerprint density at radius 2 is 1.77 bits per heavy atom. The van der Waals surface area contributed by atoms with Crippen LogP contribution in [0.25, 0.3) is 10.9 Å². The van der Waals surface area contributed by atoms with Gasteiger partial charge < -0.3 is 9.67 Å². The highest BCUT2D eigenvalue weighted by Gasteiger charge is 2.14. The summed E-state index contributed by atoms with van der Waals surface area (Å²) in [4.78, 5) is 3.82. The highest BCUT2D eigenvalue weighted by molar-refractivity contribution is 6.03. The van der Waals surface area contributed by atoms with Gasteiger partial charge in [0.25, 0.3) is 0 Å². The Kier molecular flexibility index (Phi) is 3.36. The number of aryl methyl sites for hydroxylation is 1. The summed E-state index contributed by atoms with van der Waals surface area (Å²) in [6.45, 7) is 0. The van der Waals surface area contributed by atoms with Crippen molar-refractivity contribution in [2.24, 2.45) is 12.0 Å². The zero-order chi connectivity index (χ0) is 15.9. The molecule has 6 heteroatoms. The molecule has 0 bridgehead atoms. The summed E-state index contributed by atoms with van der Waals surface area (Å²) in [5.74, 6) is -4.26. The SMILES string of the molecule is Cn1c(O)c(C=Nc2ccc(F)c(F)c2F)c2ccccc21. The maximum absolute atomic E-state index is 13.6. The van der Waals surface area contributed by atoms with Gasteiger partial charge in [-0.15, -0.1) is 0 Å². The molecule has 0 fully saturated rings. The van der Waals surface area contributed by atoms with E-state index in [-0.39, 0.29) is 11.6 Å². The number of hydrogen-bond acceptors (Lipinski definition) is 2. The molecule has 3 aromatic rings. The zero-order valence-electron chi connectivity index (χ0n) is 11.5. The van der Waals surface area contributed by atoms with E-state index < -0.39 is 17.5 Å². The van der Waals surface area contributed by atoms with Crippen LogP contribution in [-0.4, -0.2) is 15.9 Å². The van der Waals surface area contributed by atoms with Crippen molar-refractivity contribution in [2.45, 2.75) is 0 Å². The van der Waals surface area contributed by atoms with Crippen LogP contribution >= 0.6 is 0 Å². The van der Waals surface area contributed by atoms with Crippen molar-refractivity contribution in [3.8, 4) is 5.88 Å². The molecule has 0 atom stereocenters. The molecule has 3 rings (SSSR count). The van der Waals surface area contributed by atoms with Gasteiger partial charge in [-0.25, -0.2) is 13.2 Å². The first kappa shape index (κ1) is 14.2. The Morgan fingerprint density at radius 1 is 1.05 bits per heavy atom. The molecule has 1 aromatic heterocycles. The fourth-order valence-electron chi connectivity index (χ4n) is 2.29. The minimum atomic E-state index is -1.57. The maximum Gasteiger partial charge on any atom is 0.200 e. The largest absolute Gasteiger partial charge is 0.494 e. The average molecular weight is 304 g/mol. The highest BCUT2D eigenvalue weighted by Crippen LogP contribution is 2.29. The number of aromatic hydroxyl groups is 1. The van der Waals surface area contributed by atoms with E-state index in [9.17, 15) is 18.3 Å². The van der Waals surface area contributed by atoms with E-state index in [2.05, 4.69) is 4.99 Å². The molecule has 0 aliphatic carbocycles. The Morgan fingerprint density at radius 3 is 2.55 bits per heavy atom. The molecular formula is C16H11F3N2O. The number of hydrogen-bond donors (Lipinski definition) is 1. The average Bonchev–Trinajstić information content (AvgIpc) is 2.77. The maximum atomic E-state index is 13.6. The van der Waals surface area contributed by atoms with Crippen LogP contribution in [0.2, 0.25) is 0 Å². The van der Waals surface area contributed by atoms with Crippen molar-refractivity contribution in [1.29, 1.82) is 0 Å². The first-order valence-corrected chi connectivity index (χ1v) is 6.44. The van der Waals surface area contributed by atoms with Crippen molar-refractivity contribution < 1.29 is 18.3 Å². The topological polar surface area (TPSA) is 37.5 Å². The van der Waals surface area contributed by atoms with Crippen LogP contribution in [0.1, 0.15) is 5.56 Å². The van der Waals surface area contributed by atoms with E-state index in [1.807, 2.05) is 12.1 Å². The molecule has 1 heterocycles. The van der Waals surface area contributed by atoms with Crippen molar-refractivity contribution in [3.05, 3.63) is 59.4 Å². The third kappa shape index (κ3) is 2.13. The number of para-hydroxylation sites is 1. The number of aliphatic imine (C=N–C) groups is 1. The Bertz CT molecular complexity index is 900. The van der Waals surface area contributed by atoms with Crippen LogP contribution in [0.3, 0.4) is 0 Å². The van der Waals surface area contributed by atoms with E-state index in [1.54, 1.807) is 23.7 Å². The summed E-state index contributed by atoms with van der Waals surface area (Å²) >= 11 is 0. The molecule has 0 saturated carbocycles. The predicted octanol–water partition coefficient (Wildman–Crippen LogP) is 4.05. The van der Waals surface area contributed by atoms with Crippen molar-refractivity contribution in [2.75, 3.05) is 0 Å². The molecule has 2 aromatic carbocycles. The third-order valence-corrected chi connectivity index (χ3v) is 3.46. The smallest absolute Gasteiger partial charge is 0.200 e. The van der Waals surface area contributed by atoms with Gasteiger partial charge in [0.1, 0.15) is 5.69 Å². The second-order valence-electron chi connectivity index (χ2n) is 4.77. The summed E-state index contributed by atoms with van der Waals surface area (Å²) < 4.78 is 41.2. The van der Waals surface area contributed by atoms with Gasteiger partial charge in [0, 0.05) is 18.6 Å². The summed E-state index contributed by atoms with van der Waals surface area (Å²) in [6.07, 6.45) is 1.23. The third-order valence-electron chi connectivity index (χ3n) is 3.46. The second-order valence-corrected chi connectivity index (χ2v) is 4.77. The molecule has 0 amide bonds. The predicted molar refractivity (Wildman–Crippen MR) is 78.2 cm³/mol. The summed E-state index contributed by atoms with van der Waals surface area (Å²) in [6, 6.07) is 9.03. The van der Waals surface area contributed by atoms with E-state index in [0.29, 0.717) is 10.9 Å². The van der Waals surface area contributed by atoms with Crippen molar-refractivity contribution >= 4 is 22.8 Å². The van der Waals surface area contributed by atoms with E-state index in [4.69, 9.17) is 0 Å². The number of fused-ring (bicyclic) bond motifs is 1. The van der Waals surface area contributed by atoms with E-state index in [0.717, 1.165) is 17.6 Å². The molecular weight excluding hydrogens is 293 g/mol. The van der Waals surface area contributed by atoms with E-state index in [1.165, 1.54) is 6.21 Å². The summed E-state index contributed by atoms with van der Waals surface area (Å²) in [5.41, 5.74) is 0.806. The van der Waals surface area contributed by atoms with Crippen LogP contribution < -0.4 is 0 Å². The molecule has 0 aliphatic rings. The van der Waals surface area contributed by atoms with Gasteiger partial charge in [0.2, 0.25) is 5.88 Å². The number of benzene rings is 2. The van der Waals surface area contributed by atoms with Gasteiger partial charge in [-0.3, -0.25) is 4.99 Å². The molecule has 0 spiro atoms. The fraction of sp³-hybridized carbons (Fsp3) is 0.0625. The van der Waals surface area contributed by atoms with E-state index >= 15 is 0 Å². The Balaban J connectivity index is 2.11. The lowest BCUT2D eigenvalue weighted by Gasteiger charge is -1.99. The molecule has 0 saturated heterocycles. The molecule has 0 aliphatic heterocycles. The van der Waals surface area contributed by atoms with Gasteiger partial charge in [0.15, 0.2) is 17.5 Å². The van der Waals surface area contributed by atoms with Gasteiger partial charge in [-0.2, -0.15) is 0 Å². The number of nitrogens with zero attached hydrogens (tertiary/aromatic N) is 2. The van der Waals surface area contributed by atoms with Gasteiger partial charge in [-0.05, 0) is 18.2 Å². The van der Waals surface area contributed by atoms with Crippen LogP contribution in [0.15, 0.2) is 41.4 Å². The van der Waals surface area contributed by atoms with Crippen LogP contribution in [0.5, 0.6) is 5.88 Å². The molecule has 3 nitrogen and oxygen atoms in total. The lowest BCUT2D eigenvalue weighted by atomic mass is 10.2. The molecule has 0 unspecified atom stereocenters. The molecule has 1 N–H and O–H groups in total. The fourth-order valence-corrected chi connectivity index (χ4v) is 2.29. The minimum Gasteiger partial charge on any atom is -0.494 e. The van der Waals surface area contributed by atoms with Gasteiger partial charge >= 0.3 is 0 Å². The van der Waals surface area contributed by atoms with Crippen LogP contribution in [0.4, 0.5) is 18.9 Å². The lowest BCUT2D eigenvalue weighted by Crippen LogP contribution is -1.90. The molecule has 22 heavy (non-hydrogen) atoms. The van der Waals surface area contributed by atoms with Crippen LogP contribution in [-0.2, 0) is 7.05 Å². The van der Waals surface area contributed by atoms with Gasteiger partial charge in [0.05, 0.1) is 11.1 Å². The second kappa shape index (κ2) is 5.22.